The highest BCUT2D eigenvalue weighted by atomic mass is 16.5. The fraction of sp³-hybridized carbons (Fsp3) is 0.350. The molecular formula is C20H27N3O3. The summed E-state index contributed by atoms with van der Waals surface area (Å²) < 4.78 is 10.3. The molecule has 0 saturated heterocycles. The molecule has 6 nitrogen and oxygen atoms in total. The van der Waals surface area contributed by atoms with E-state index in [2.05, 4.69) is 10.3 Å². The zero-order valence-corrected chi connectivity index (χ0v) is 15.8. The second kappa shape index (κ2) is 9.56. The number of phenolic OH excluding ortho intramolecular Hbond substituents is 1. The van der Waals surface area contributed by atoms with E-state index in [-0.39, 0.29) is 5.75 Å². The molecule has 0 aliphatic rings. The monoisotopic (exact) mass is 357 g/mol. The molecular weight excluding hydrogens is 330 g/mol. The maximum atomic E-state index is 10.2. The molecule has 2 aromatic rings. The van der Waals surface area contributed by atoms with Gasteiger partial charge in [0.05, 0.1) is 20.8 Å². The predicted molar refractivity (Wildman–Crippen MR) is 104 cm³/mol. The molecule has 140 valence electrons. The van der Waals surface area contributed by atoms with Crippen LogP contribution in [-0.4, -0.2) is 43.8 Å². The summed E-state index contributed by atoms with van der Waals surface area (Å²) in [6, 6.07) is 13.4. The highest BCUT2D eigenvalue weighted by molar-refractivity contribution is 5.79. The third-order valence-electron chi connectivity index (χ3n) is 3.98. The Kier molecular flexibility index (Phi) is 7.14. The third kappa shape index (κ3) is 5.05. The van der Waals surface area contributed by atoms with Crippen molar-refractivity contribution in [2.24, 2.45) is 4.99 Å². The lowest BCUT2D eigenvalue weighted by Gasteiger charge is -2.22. The van der Waals surface area contributed by atoms with E-state index >= 15 is 0 Å². The second-order valence-electron chi connectivity index (χ2n) is 5.84. The molecule has 2 N–H and O–H groups in total. The van der Waals surface area contributed by atoms with E-state index in [4.69, 9.17) is 9.47 Å². The van der Waals surface area contributed by atoms with Crippen LogP contribution in [0.4, 0.5) is 0 Å². The van der Waals surface area contributed by atoms with Gasteiger partial charge < -0.3 is 24.8 Å². The number of guanidine groups is 1. The van der Waals surface area contributed by atoms with Gasteiger partial charge in [-0.1, -0.05) is 24.3 Å². The number of nitrogens with one attached hydrogen (secondary N) is 1. The first kappa shape index (κ1) is 19.4. The lowest BCUT2D eigenvalue weighted by molar-refractivity contribution is 0.370. The Labute approximate surface area is 155 Å². The van der Waals surface area contributed by atoms with Gasteiger partial charge in [-0.25, -0.2) is 4.99 Å². The molecule has 0 aromatic heterocycles. The first-order valence-corrected chi connectivity index (χ1v) is 8.56. The van der Waals surface area contributed by atoms with Crippen LogP contribution in [0.15, 0.2) is 47.5 Å². The van der Waals surface area contributed by atoms with Crippen molar-refractivity contribution < 1.29 is 14.6 Å². The van der Waals surface area contributed by atoms with Crippen molar-refractivity contribution >= 4 is 5.96 Å². The fourth-order valence-electron chi connectivity index (χ4n) is 2.57. The maximum Gasteiger partial charge on any atom is 0.194 e. The average molecular weight is 357 g/mol. The van der Waals surface area contributed by atoms with Gasteiger partial charge in [0.25, 0.3) is 0 Å². The minimum atomic E-state index is 0.132. The Bertz CT molecular complexity index is 730. The summed E-state index contributed by atoms with van der Waals surface area (Å²) in [6.07, 6.45) is 0. The van der Waals surface area contributed by atoms with Crippen molar-refractivity contribution in [2.75, 3.05) is 27.8 Å². The Morgan fingerprint density at radius 3 is 2.46 bits per heavy atom. The maximum absolute atomic E-state index is 10.2. The van der Waals surface area contributed by atoms with Crippen LogP contribution in [0.1, 0.15) is 18.1 Å². The number of rotatable bonds is 7. The van der Waals surface area contributed by atoms with Gasteiger partial charge in [-0.15, -0.1) is 0 Å². The number of benzene rings is 2. The second-order valence-corrected chi connectivity index (χ2v) is 5.84. The van der Waals surface area contributed by atoms with Crippen molar-refractivity contribution in [1.29, 1.82) is 0 Å². The molecule has 2 aromatic carbocycles. The van der Waals surface area contributed by atoms with E-state index in [0.717, 1.165) is 29.4 Å². The van der Waals surface area contributed by atoms with E-state index in [9.17, 15) is 5.11 Å². The number of para-hydroxylation sites is 1. The van der Waals surface area contributed by atoms with Gasteiger partial charge >= 0.3 is 0 Å². The van der Waals surface area contributed by atoms with Crippen LogP contribution in [0.3, 0.4) is 0 Å². The molecule has 0 radical (unpaired) electrons. The molecule has 26 heavy (non-hydrogen) atoms. The first-order valence-electron chi connectivity index (χ1n) is 8.56. The quantitative estimate of drug-likeness (QED) is 0.589. The third-order valence-corrected chi connectivity index (χ3v) is 3.98. The average Bonchev–Trinajstić information content (AvgIpc) is 2.66. The van der Waals surface area contributed by atoms with Gasteiger partial charge in [0.15, 0.2) is 17.5 Å². The number of nitrogens with zero attached hydrogens (tertiary/aromatic N) is 2. The number of ether oxygens (including phenoxy) is 2. The van der Waals surface area contributed by atoms with Crippen LogP contribution >= 0.6 is 0 Å². The number of methoxy groups -OCH3 is 2. The number of hydrogen-bond donors (Lipinski definition) is 2. The number of aliphatic imine (C=N–C) groups is 1. The van der Waals surface area contributed by atoms with Crippen LogP contribution in [0.2, 0.25) is 0 Å². The fourth-order valence-corrected chi connectivity index (χ4v) is 2.57. The summed E-state index contributed by atoms with van der Waals surface area (Å²) in [4.78, 5) is 6.69. The molecule has 0 unspecified atom stereocenters. The number of aromatic hydroxyl groups is 1. The van der Waals surface area contributed by atoms with Crippen molar-refractivity contribution in [1.82, 2.24) is 10.2 Å². The van der Waals surface area contributed by atoms with Crippen molar-refractivity contribution in [3.05, 3.63) is 53.6 Å². The van der Waals surface area contributed by atoms with Gasteiger partial charge in [-0.2, -0.15) is 0 Å². The summed E-state index contributed by atoms with van der Waals surface area (Å²) in [5, 5.41) is 13.5. The minimum Gasteiger partial charge on any atom is -0.504 e. The lowest BCUT2D eigenvalue weighted by Crippen LogP contribution is -2.38. The summed E-state index contributed by atoms with van der Waals surface area (Å²) in [7, 11) is 5.18. The normalized spacial score (nSPS) is 11.2. The molecule has 0 bridgehead atoms. The number of phenols is 1. The minimum absolute atomic E-state index is 0.132. The van der Waals surface area contributed by atoms with Gasteiger partial charge in [0.1, 0.15) is 5.75 Å². The SMILES string of the molecule is CCNC(=NCc1cccc(OC)c1O)N(C)Cc1ccc(OC)cc1. The number of hydrogen-bond acceptors (Lipinski definition) is 4. The Morgan fingerprint density at radius 1 is 1.12 bits per heavy atom. The van der Waals surface area contributed by atoms with Crippen molar-refractivity contribution in [3.8, 4) is 17.2 Å². The predicted octanol–water partition coefficient (Wildman–Crippen LogP) is 3.01. The zero-order chi connectivity index (χ0) is 18.9. The molecule has 0 heterocycles. The van der Waals surface area contributed by atoms with E-state index in [0.29, 0.717) is 18.8 Å². The Balaban J connectivity index is 2.12. The van der Waals surface area contributed by atoms with E-state index in [1.807, 2.05) is 55.3 Å². The first-order chi connectivity index (χ1) is 12.6. The Hall–Kier alpha value is -2.89. The van der Waals surface area contributed by atoms with Crippen LogP contribution < -0.4 is 14.8 Å². The molecule has 6 heteroatoms. The van der Waals surface area contributed by atoms with Gasteiger partial charge in [0.2, 0.25) is 0 Å². The van der Waals surface area contributed by atoms with E-state index in [1.165, 1.54) is 7.11 Å². The van der Waals surface area contributed by atoms with E-state index in [1.54, 1.807) is 13.2 Å². The van der Waals surface area contributed by atoms with Crippen LogP contribution in [0.5, 0.6) is 17.2 Å². The summed E-state index contributed by atoms with van der Waals surface area (Å²) in [5.74, 6) is 2.19. The standard InChI is InChI=1S/C20H27N3O3/c1-5-21-20(22-13-16-7-6-8-18(26-4)19(16)24)23(2)14-15-9-11-17(25-3)12-10-15/h6-12,24H,5,13-14H2,1-4H3,(H,21,22). The molecule has 0 spiro atoms. The molecule has 0 atom stereocenters. The molecule has 0 amide bonds. The lowest BCUT2D eigenvalue weighted by atomic mass is 10.2. The van der Waals surface area contributed by atoms with Gasteiger partial charge in [-0.3, -0.25) is 0 Å². The highest BCUT2D eigenvalue weighted by Gasteiger charge is 2.10. The summed E-state index contributed by atoms with van der Waals surface area (Å²) >= 11 is 0. The smallest absolute Gasteiger partial charge is 0.194 e. The molecule has 0 aliphatic heterocycles. The summed E-state index contributed by atoms with van der Waals surface area (Å²) in [6.45, 7) is 3.86. The molecule has 0 fully saturated rings. The van der Waals surface area contributed by atoms with E-state index < -0.39 is 0 Å². The van der Waals surface area contributed by atoms with Gasteiger partial charge in [0, 0.05) is 25.7 Å². The zero-order valence-electron chi connectivity index (χ0n) is 15.8. The topological polar surface area (TPSA) is 66.3 Å². The highest BCUT2D eigenvalue weighted by Crippen LogP contribution is 2.29. The molecule has 2 rings (SSSR count). The van der Waals surface area contributed by atoms with Gasteiger partial charge in [-0.05, 0) is 30.7 Å². The Morgan fingerprint density at radius 2 is 1.85 bits per heavy atom. The van der Waals surface area contributed by atoms with Crippen molar-refractivity contribution in [2.45, 2.75) is 20.0 Å². The summed E-state index contributed by atoms with van der Waals surface area (Å²) in [5.41, 5.74) is 1.88. The van der Waals surface area contributed by atoms with Crippen LogP contribution in [0, 0.1) is 0 Å². The molecule has 0 aliphatic carbocycles. The van der Waals surface area contributed by atoms with Crippen molar-refractivity contribution in [3.63, 3.8) is 0 Å². The van der Waals surface area contributed by atoms with Crippen LogP contribution in [-0.2, 0) is 13.1 Å². The largest absolute Gasteiger partial charge is 0.504 e. The molecule has 0 saturated carbocycles. The van der Waals surface area contributed by atoms with Crippen LogP contribution in [0.25, 0.3) is 0 Å².